The number of carbonyl (C=O) groups excluding carboxylic acids is 1. The summed E-state index contributed by atoms with van der Waals surface area (Å²) in [5, 5.41) is 1.02. The second kappa shape index (κ2) is 4.95. The van der Waals surface area contributed by atoms with E-state index in [1.165, 1.54) is 7.11 Å². The molecule has 2 aromatic rings. The highest BCUT2D eigenvalue weighted by atomic mass is 16.5. The molecule has 1 unspecified atom stereocenters. The summed E-state index contributed by atoms with van der Waals surface area (Å²) >= 11 is 0. The number of nitrogens with zero attached hydrogens (tertiary/aromatic N) is 1. The van der Waals surface area contributed by atoms with Crippen LogP contribution in [-0.2, 0) is 9.53 Å². The first-order valence-corrected chi connectivity index (χ1v) is 5.69. The van der Waals surface area contributed by atoms with Crippen LogP contribution < -0.4 is 0 Å². The van der Waals surface area contributed by atoms with Crippen molar-refractivity contribution in [1.82, 2.24) is 4.98 Å². The van der Waals surface area contributed by atoms with Crippen LogP contribution in [0.15, 0.2) is 36.5 Å². The number of rotatable bonds is 3. The molecular formula is C14H15NO2. The number of hydrogen-bond donors (Lipinski definition) is 0. The normalized spacial score (nSPS) is 12.4. The molecule has 0 aliphatic heterocycles. The van der Waals surface area contributed by atoms with E-state index in [0.717, 1.165) is 22.9 Å². The van der Waals surface area contributed by atoms with Crippen molar-refractivity contribution in [3.05, 3.63) is 42.1 Å². The molecule has 0 saturated carbocycles. The van der Waals surface area contributed by atoms with Crippen molar-refractivity contribution in [3.63, 3.8) is 0 Å². The van der Waals surface area contributed by atoms with Crippen LogP contribution in [-0.4, -0.2) is 18.1 Å². The van der Waals surface area contributed by atoms with Crippen molar-refractivity contribution in [2.75, 3.05) is 7.11 Å². The minimum Gasteiger partial charge on any atom is -0.469 e. The van der Waals surface area contributed by atoms with Crippen molar-refractivity contribution < 1.29 is 9.53 Å². The molecule has 0 bridgehead atoms. The first-order chi connectivity index (χ1) is 8.27. The highest BCUT2D eigenvalue weighted by Gasteiger charge is 2.21. The van der Waals surface area contributed by atoms with E-state index in [1.807, 2.05) is 37.3 Å². The van der Waals surface area contributed by atoms with Crippen molar-refractivity contribution in [2.45, 2.75) is 19.3 Å². The van der Waals surface area contributed by atoms with Gasteiger partial charge >= 0.3 is 5.97 Å². The van der Waals surface area contributed by atoms with E-state index < -0.39 is 0 Å². The van der Waals surface area contributed by atoms with Gasteiger partial charge in [-0.2, -0.15) is 0 Å². The molecule has 0 amide bonds. The Labute approximate surface area is 100 Å². The summed E-state index contributed by atoms with van der Waals surface area (Å²) in [7, 11) is 1.42. The van der Waals surface area contributed by atoms with Crippen molar-refractivity contribution in [1.29, 1.82) is 0 Å². The zero-order valence-corrected chi connectivity index (χ0v) is 10.0. The Morgan fingerprint density at radius 1 is 1.35 bits per heavy atom. The Morgan fingerprint density at radius 2 is 2.12 bits per heavy atom. The molecule has 1 aromatic carbocycles. The molecule has 17 heavy (non-hydrogen) atoms. The third-order valence-electron chi connectivity index (χ3n) is 2.95. The van der Waals surface area contributed by atoms with Crippen molar-refractivity contribution in [3.8, 4) is 0 Å². The fourth-order valence-corrected chi connectivity index (χ4v) is 2.08. The standard InChI is InChI=1S/C14H15NO2/c1-3-10(14(16)17-2)11-8-9-15-13-7-5-4-6-12(11)13/h4-10H,3H2,1-2H3. The van der Waals surface area contributed by atoms with E-state index in [2.05, 4.69) is 4.98 Å². The van der Waals surface area contributed by atoms with E-state index in [1.54, 1.807) is 6.20 Å². The number of carbonyl (C=O) groups is 1. The topological polar surface area (TPSA) is 39.2 Å². The number of fused-ring (bicyclic) bond motifs is 1. The molecular weight excluding hydrogens is 214 g/mol. The smallest absolute Gasteiger partial charge is 0.313 e. The predicted molar refractivity (Wildman–Crippen MR) is 66.8 cm³/mol. The largest absolute Gasteiger partial charge is 0.469 e. The van der Waals surface area contributed by atoms with Gasteiger partial charge in [-0.05, 0) is 24.1 Å². The maximum absolute atomic E-state index is 11.7. The van der Waals surface area contributed by atoms with E-state index in [0.29, 0.717) is 0 Å². The molecule has 1 aromatic heterocycles. The highest BCUT2D eigenvalue weighted by Crippen LogP contribution is 2.27. The summed E-state index contributed by atoms with van der Waals surface area (Å²) in [6, 6.07) is 9.73. The molecule has 0 aliphatic rings. The molecule has 0 saturated heterocycles. The van der Waals surface area contributed by atoms with Gasteiger partial charge in [-0.15, -0.1) is 0 Å². The summed E-state index contributed by atoms with van der Waals surface area (Å²) in [6.07, 6.45) is 2.46. The average molecular weight is 229 g/mol. The van der Waals surface area contributed by atoms with Crippen LogP contribution in [0.25, 0.3) is 10.9 Å². The van der Waals surface area contributed by atoms with E-state index >= 15 is 0 Å². The minimum absolute atomic E-state index is 0.191. The fourth-order valence-electron chi connectivity index (χ4n) is 2.08. The molecule has 0 radical (unpaired) electrons. The van der Waals surface area contributed by atoms with Gasteiger partial charge in [0.25, 0.3) is 0 Å². The lowest BCUT2D eigenvalue weighted by atomic mass is 9.93. The van der Waals surface area contributed by atoms with Crippen molar-refractivity contribution >= 4 is 16.9 Å². The predicted octanol–water partition coefficient (Wildman–Crippen LogP) is 2.90. The molecule has 2 rings (SSSR count). The van der Waals surface area contributed by atoms with Crippen molar-refractivity contribution in [2.24, 2.45) is 0 Å². The number of benzene rings is 1. The monoisotopic (exact) mass is 229 g/mol. The number of methoxy groups -OCH3 is 1. The maximum Gasteiger partial charge on any atom is 0.313 e. The average Bonchev–Trinajstić information content (AvgIpc) is 2.39. The summed E-state index contributed by atoms with van der Waals surface area (Å²) in [4.78, 5) is 16.0. The lowest BCUT2D eigenvalue weighted by Gasteiger charge is -2.14. The Hall–Kier alpha value is -1.90. The SMILES string of the molecule is CCC(C(=O)OC)c1ccnc2ccccc12. The number of pyridine rings is 1. The van der Waals surface area contributed by atoms with Crippen LogP contribution in [0, 0.1) is 0 Å². The van der Waals surface area contributed by atoms with Gasteiger partial charge in [0.1, 0.15) is 0 Å². The summed E-state index contributed by atoms with van der Waals surface area (Å²) < 4.78 is 4.85. The number of ether oxygens (including phenoxy) is 1. The Bertz CT molecular complexity index is 531. The van der Waals surface area contributed by atoms with Gasteiger partial charge in [-0.25, -0.2) is 0 Å². The Kier molecular flexibility index (Phi) is 3.38. The van der Waals surface area contributed by atoms with Crippen LogP contribution in [0.5, 0.6) is 0 Å². The summed E-state index contributed by atoms with van der Waals surface area (Å²) in [5.41, 5.74) is 1.90. The first kappa shape index (κ1) is 11.6. The Balaban J connectivity index is 2.57. The summed E-state index contributed by atoms with van der Waals surface area (Å²) in [5.74, 6) is -0.406. The van der Waals surface area contributed by atoms with E-state index in [4.69, 9.17) is 4.74 Å². The molecule has 0 fully saturated rings. The molecule has 88 valence electrons. The van der Waals surface area contributed by atoms with Gasteiger partial charge in [0.05, 0.1) is 18.5 Å². The maximum atomic E-state index is 11.7. The molecule has 0 spiro atoms. The molecule has 0 N–H and O–H groups in total. The van der Waals surface area contributed by atoms with Crippen LogP contribution in [0.2, 0.25) is 0 Å². The van der Waals surface area contributed by atoms with Gasteiger partial charge in [0.15, 0.2) is 0 Å². The number of esters is 1. The fraction of sp³-hybridized carbons (Fsp3) is 0.286. The molecule has 1 atom stereocenters. The van der Waals surface area contributed by atoms with Gasteiger partial charge in [0.2, 0.25) is 0 Å². The summed E-state index contributed by atoms with van der Waals surface area (Å²) in [6.45, 7) is 1.98. The minimum atomic E-state index is -0.215. The van der Waals surface area contributed by atoms with Crippen LogP contribution >= 0.6 is 0 Å². The number of para-hydroxylation sites is 1. The third-order valence-corrected chi connectivity index (χ3v) is 2.95. The van der Waals surface area contributed by atoms with E-state index in [-0.39, 0.29) is 11.9 Å². The molecule has 1 heterocycles. The van der Waals surface area contributed by atoms with Gasteiger partial charge < -0.3 is 4.74 Å². The zero-order valence-electron chi connectivity index (χ0n) is 10.0. The lowest BCUT2D eigenvalue weighted by molar-refractivity contribution is -0.142. The first-order valence-electron chi connectivity index (χ1n) is 5.69. The van der Waals surface area contributed by atoms with Gasteiger partial charge in [-0.3, -0.25) is 9.78 Å². The van der Waals surface area contributed by atoms with Gasteiger partial charge in [0, 0.05) is 11.6 Å². The molecule has 3 heteroatoms. The Morgan fingerprint density at radius 3 is 2.82 bits per heavy atom. The second-order valence-electron chi connectivity index (χ2n) is 3.90. The van der Waals surface area contributed by atoms with E-state index in [9.17, 15) is 4.79 Å². The molecule has 3 nitrogen and oxygen atoms in total. The number of aromatic nitrogens is 1. The van der Waals surface area contributed by atoms with Crippen LogP contribution in [0.4, 0.5) is 0 Å². The zero-order chi connectivity index (χ0) is 12.3. The van der Waals surface area contributed by atoms with Crippen LogP contribution in [0.3, 0.4) is 0 Å². The lowest BCUT2D eigenvalue weighted by Crippen LogP contribution is -2.13. The third kappa shape index (κ3) is 2.13. The molecule has 0 aliphatic carbocycles. The van der Waals surface area contributed by atoms with Crippen LogP contribution in [0.1, 0.15) is 24.8 Å². The number of hydrogen-bond acceptors (Lipinski definition) is 3. The second-order valence-corrected chi connectivity index (χ2v) is 3.90. The van der Waals surface area contributed by atoms with Gasteiger partial charge in [-0.1, -0.05) is 25.1 Å². The quantitative estimate of drug-likeness (QED) is 0.760. The highest BCUT2D eigenvalue weighted by molar-refractivity contribution is 5.88.